The van der Waals surface area contributed by atoms with Gasteiger partial charge in [-0.1, -0.05) is 103 Å². The Morgan fingerprint density at radius 3 is 2.02 bits per heavy atom. The zero-order valence-electron chi connectivity index (χ0n) is 24.4. The Labute approximate surface area is 252 Å². The zero-order chi connectivity index (χ0) is 30.5. The lowest BCUT2D eigenvalue weighted by Gasteiger charge is -2.18. The lowest BCUT2D eigenvalue weighted by atomic mass is 9.88. The van der Waals surface area contributed by atoms with Gasteiger partial charge in [-0.3, -0.25) is 4.79 Å². The predicted molar refractivity (Wildman–Crippen MR) is 165 cm³/mol. The summed E-state index contributed by atoms with van der Waals surface area (Å²) in [5.41, 5.74) is 4.48. The second-order valence-electron chi connectivity index (χ2n) is 10.8. The van der Waals surface area contributed by atoms with Crippen molar-refractivity contribution in [3.63, 3.8) is 0 Å². The number of hydrogen-bond donors (Lipinski definition) is 2. The van der Waals surface area contributed by atoms with Gasteiger partial charge in [-0.15, -0.1) is 0 Å². The van der Waals surface area contributed by atoms with Crippen LogP contribution in [0.5, 0.6) is 0 Å². The van der Waals surface area contributed by atoms with Crippen LogP contribution in [-0.2, 0) is 35.2 Å². The molecule has 0 radical (unpaired) electrons. The molecule has 4 rings (SSSR count). The van der Waals surface area contributed by atoms with E-state index in [1.165, 1.54) is 12.1 Å². The molecule has 7 heteroatoms. The van der Waals surface area contributed by atoms with E-state index in [0.717, 1.165) is 34.7 Å². The highest BCUT2D eigenvalue weighted by molar-refractivity contribution is 5.77. The lowest BCUT2D eigenvalue weighted by molar-refractivity contribution is -0.137. The molecule has 0 saturated heterocycles. The Bertz CT molecular complexity index is 1350. The molecule has 4 aromatic carbocycles. The number of carbonyl (C=O) groups is 1. The van der Waals surface area contributed by atoms with Gasteiger partial charge in [0.05, 0.1) is 18.8 Å². The highest BCUT2D eigenvalue weighted by atomic mass is 19.4. The highest BCUT2D eigenvalue weighted by Gasteiger charge is 2.30. The van der Waals surface area contributed by atoms with E-state index in [4.69, 9.17) is 4.74 Å². The van der Waals surface area contributed by atoms with Gasteiger partial charge in [-0.2, -0.15) is 13.2 Å². The smallest absolute Gasteiger partial charge is 0.375 e. The summed E-state index contributed by atoms with van der Waals surface area (Å²) >= 11 is 0. The maximum atomic E-state index is 12.9. The van der Waals surface area contributed by atoms with Gasteiger partial charge in [0.25, 0.3) is 0 Å². The van der Waals surface area contributed by atoms with Crippen molar-refractivity contribution in [1.82, 2.24) is 10.6 Å². The first kappa shape index (κ1) is 32.0. The van der Waals surface area contributed by atoms with Crippen molar-refractivity contribution in [2.45, 2.75) is 50.9 Å². The molecule has 0 aliphatic carbocycles. The summed E-state index contributed by atoms with van der Waals surface area (Å²) in [6, 6.07) is 33.9. The molecule has 1 amide bonds. The van der Waals surface area contributed by atoms with E-state index in [1.807, 2.05) is 55.5 Å². The maximum Gasteiger partial charge on any atom is 0.416 e. The van der Waals surface area contributed by atoms with Gasteiger partial charge in [0, 0.05) is 31.5 Å². The number of nitrogens with one attached hydrogen (secondary N) is 2. The van der Waals surface area contributed by atoms with Crippen molar-refractivity contribution >= 4 is 5.91 Å². The quantitative estimate of drug-likeness (QED) is 0.143. The van der Waals surface area contributed by atoms with Gasteiger partial charge >= 0.3 is 6.18 Å². The molecule has 2 N–H and O–H groups in total. The summed E-state index contributed by atoms with van der Waals surface area (Å²) in [6.45, 7) is 4.09. The van der Waals surface area contributed by atoms with Crippen LogP contribution in [0.3, 0.4) is 0 Å². The normalized spacial score (nSPS) is 12.3. The van der Waals surface area contributed by atoms with Crippen LogP contribution in [0.15, 0.2) is 109 Å². The second kappa shape index (κ2) is 16.1. The highest BCUT2D eigenvalue weighted by Crippen LogP contribution is 2.30. The van der Waals surface area contributed by atoms with E-state index in [2.05, 4.69) is 47.0 Å². The minimum absolute atomic E-state index is 0.00966. The van der Waals surface area contributed by atoms with E-state index in [1.54, 1.807) is 6.07 Å². The molecule has 0 saturated carbocycles. The summed E-state index contributed by atoms with van der Waals surface area (Å²) in [4.78, 5) is 12.8. The Kier molecular flexibility index (Phi) is 11.9. The van der Waals surface area contributed by atoms with E-state index in [0.29, 0.717) is 44.7 Å². The first-order chi connectivity index (χ1) is 20.8. The van der Waals surface area contributed by atoms with Crippen molar-refractivity contribution < 1.29 is 22.7 Å². The van der Waals surface area contributed by atoms with Gasteiger partial charge in [-0.05, 0) is 53.6 Å². The summed E-state index contributed by atoms with van der Waals surface area (Å²) in [6.07, 6.45) is -2.69. The zero-order valence-corrected chi connectivity index (χ0v) is 24.4. The van der Waals surface area contributed by atoms with Crippen LogP contribution in [0.4, 0.5) is 13.2 Å². The molecular weight excluding hydrogens is 549 g/mol. The lowest BCUT2D eigenvalue weighted by Crippen LogP contribution is -2.31. The van der Waals surface area contributed by atoms with E-state index >= 15 is 0 Å². The number of rotatable bonds is 15. The molecule has 43 heavy (non-hydrogen) atoms. The molecule has 0 aromatic heterocycles. The number of ether oxygens (including phenoxy) is 1. The molecule has 0 spiro atoms. The first-order valence-electron chi connectivity index (χ1n) is 14.7. The minimum Gasteiger partial charge on any atom is -0.375 e. The topological polar surface area (TPSA) is 50.4 Å². The molecule has 0 bridgehead atoms. The molecule has 226 valence electrons. The van der Waals surface area contributed by atoms with Crippen molar-refractivity contribution in [3.05, 3.63) is 143 Å². The molecular formula is C36H39F3N2O2. The monoisotopic (exact) mass is 588 g/mol. The largest absolute Gasteiger partial charge is 0.416 e. The second-order valence-corrected chi connectivity index (χ2v) is 10.8. The van der Waals surface area contributed by atoms with Crippen LogP contribution in [0.1, 0.15) is 52.6 Å². The molecule has 0 aliphatic heterocycles. The van der Waals surface area contributed by atoms with Gasteiger partial charge < -0.3 is 15.4 Å². The maximum absolute atomic E-state index is 12.9. The number of amides is 1. The molecule has 0 unspecified atom stereocenters. The van der Waals surface area contributed by atoms with Crippen molar-refractivity contribution in [2.75, 3.05) is 19.7 Å². The van der Waals surface area contributed by atoms with Gasteiger partial charge in [0.1, 0.15) is 0 Å². The third kappa shape index (κ3) is 10.7. The van der Waals surface area contributed by atoms with E-state index in [9.17, 15) is 18.0 Å². The first-order valence-corrected chi connectivity index (χ1v) is 14.7. The van der Waals surface area contributed by atoms with Crippen LogP contribution < -0.4 is 10.6 Å². The SMILES string of the molecule is C[C@@H](Cc1cccc(C(F)(F)F)c1)NCCOCc1ccc(CCNC(=O)CC(c2ccccc2)c2ccccc2)cc1. The predicted octanol–water partition coefficient (Wildman–Crippen LogP) is 7.32. The fourth-order valence-electron chi connectivity index (χ4n) is 5.07. The van der Waals surface area contributed by atoms with Crippen LogP contribution in [0, 0.1) is 0 Å². The van der Waals surface area contributed by atoms with Gasteiger partial charge in [0.2, 0.25) is 5.91 Å². The van der Waals surface area contributed by atoms with Crippen molar-refractivity contribution in [1.29, 1.82) is 0 Å². The minimum atomic E-state index is -4.33. The van der Waals surface area contributed by atoms with Crippen LogP contribution >= 0.6 is 0 Å². The van der Waals surface area contributed by atoms with Crippen molar-refractivity contribution in [2.24, 2.45) is 0 Å². The van der Waals surface area contributed by atoms with Crippen LogP contribution in [0.25, 0.3) is 0 Å². The number of carbonyl (C=O) groups excluding carboxylic acids is 1. The molecule has 0 fully saturated rings. The fraction of sp³-hybridized carbons (Fsp3) is 0.306. The third-order valence-electron chi connectivity index (χ3n) is 7.36. The van der Waals surface area contributed by atoms with E-state index in [-0.39, 0.29) is 17.9 Å². The van der Waals surface area contributed by atoms with Gasteiger partial charge in [0.15, 0.2) is 0 Å². The summed E-state index contributed by atoms with van der Waals surface area (Å²) < 4.78 is 44.6. The average molecular weight is 589 g/mol. The third-order valence-corrected chi connectivity index (χ3v) is 7.36. The molecule has 4 aromatic rings. The Morgan fingerprint density at radius 1 is 0.767 bits per heavy atom. The van der Waals surface area contributed by atoms with Gasteiger partial charge in [-0.25, -0.2) is 0 Å². The summed E-state index contributed by atoms with van der Waals surface area (Å²) in [5.74, 6) is 0.0379. The number of alkyl halides is 3. The summed E-state index contributed by atoms with van der Waals surface area (Å²) in [5, 5.41) is 6.38. The van der Waals surface area contributed by atoms with Crippen LogP contribution in [-0.4, -0.2) is 31.6 Å². The Morgan fingerprint density at radius 2 is 1.40 bits per heavy atom. The Hall–Kier alpha value is -3.94. The number of benzene rings is 4. The standard InChI is InChI=1S/C36H39F3N2O2/c1-27(23-30-9-8-14-33(24-30)36(37,38)39)40-21-22-43-26-29-17-15-28(16-18-29)19-20-41-35(42)25-34(31-10-4-2-5-11-31)32-12-6-3-7-13-32/h2-18,24,27,34,40H,19-23,25-26H2,1H3,(H,41,42)/t27-/m0/s1. The molecule has 0 heterocycles. The fourth-order valence-corrected chi connectivity index (χ4v) is 5.07. The van der Waals surface area contributed by atoms with Crippen molar-refractivity contribution in [3.8, 4) is 0 Å². The summed E-state index contributed by atoms with van der Waals surface area (Å²) in [7, 11) is 0. The van der Waals surface area contributed by atoms with Crippen LogP contribution in [0.2, 0.25) is 0 Å². The molecule has 1 atom stereocenters. The Balaban J connectivity index is 1.13. The average Bonchev–Trinajstić information content (AvgIpc) is 3.01. The number of hydrogen-bond acceptors (Lipinski definition) is 3. The molecule has 0 aliphatic rings. The number of halogens is 3. The molecule has 4 nitrogen and oxygen atoms in total. The van der Waals surface area contributed by atoms with E-state index < -0.39 is 11.7 Å².